The molecule has 0 unspecified atom stereocenters. The quantitative estimate of drug-likeness (QED) is 0.858. The van der Waals surface area contributed by atoms with E-state index in [2.05, 4.69) is 5.32 Å². The number of nitrogens with zero attached hydrogens (tertiary/aromatic N) is 1. The van der Waals surface area contributed by atoms with Gasteiger partial charge in [-0.15, -0.1) is 0 Å². The van der Waals surface area contributed by atoms with Crippen molar-refractivity contribution in [1.29, 1.82) is 0 Å². The summed E-state index contributed by atoms with van der Waals surface area (Å²) in [7, 11) is -2.16. The van der Waals surface area contributed by atoms with Crippen molar-refractivity contribution in [3.05, 3.63) is 23.8 Å². The highest BCUT2D eigenvalue weighted by atomic mass is 32.2. The maximum atomic E-state index is 12.3. The molecule has 1 saturated carbocycles. The van der Waals surface area contributed by atoms with Crippen LogP contribution in [0.2, 0.25) is 0 Å². The van der Waals surface area contributed by atoms with Crippen LogP contribution in [0.15, 0.2) is 18.2 Å². The molecule has 1 aromatic carbocycles. The Morgan fingerprint density at radius 2 is 2.05 bits per heavy atom. The maximum absolute atomic E-state index is 12.3. The van der Waals surface area contributed by atoms with Gasteiger partial charge in [0.05, 0.1) is 19.1 Å². The third-order valence-electron chi connectivity index (χ3n) is 3.58. The van der Waals surface area contributed by atoms with Gasteiger partial charge in [-0.1, -0.05) is 6.07 Å². The lowest BCUT2D eigenvalue weighted by Gasteiger charge is -2.29. The molecule has 22 heavy (non-hydrogen) atoms. The molecule has 1 aromatic rings. The molecule has 0 aliphatic heterocycles. The molecule has 1 aliphatic rings. The van der Waals surface area contributed by atoms with Crippen molar-refractivity contribution in [2.45, 2.75) is 38.8 Å². The molecule has 0 radical (unpaired) electrons. The summed E-state index contributed by atoms with van der Waals surface area (Å²) in [6.45, 7) is 3.44. The van der Waals surface area contributed by atoms with Gasteiger partial charge in [-0.25, -0.2) is 8.42 Å². The lowest BCUT2D eigenvalue weighted by molar-refractivity contribution is -0.121. The summed E-state index contributed by atoms with van der Waals surface area (Å²) >= 11 is 0. The summed E-state index contributed by atoms with van der Waals surface area (Å²) in [5, 5.41) is 2.84. The first-order valence-corrected chi connectivity index (χ1v) is 9.03. The SMILES string of the molecule is COc1ccc(C)cc1N([C@H](C)C(=O)NC1CC1)S(C)(=O)=O. The van der Waals surface area contributed by atoms with E-state index in [1.165, 1.54) is 7.11 Å². The van der Waals surface area contributed by atoms with Crippen LogP contribution < -0.4 is 14.4 Å². The topological polar surface area (TPSA) is 75.7 Å². The molecule has 0 aromatic heterocycles. The van der Waals surface area contributed by atoms with Crippen LogP contribution in [0.1, 0.15) is 25.3 Å². The molecular weight excluding hydrogens is 304 g/mol. The van der Waals surface area contributed by atoms with Gasteiger partial charge in [0.2, 0.25) is 15.9 Å². The van der Waals surface area contributed by atoms with Gasteiger partial charge >= 0.3 is 0 Å². The number of anilines is 1. The van der Waals surface area contributed by atoms with Crippen molar-refractivity contribution in [3.63, 3.8) is 0 Å². The summed E-state index contributed by atoms with van der Waals surface area (Å²) in [4.78, 5) is 12.3. The lowest BCUT2D eigenvalue weighted by atomic mass is 10.2. The minimum Gasteiger partial charge on any atom is -0.495 e. The van der Waals surface area contributed by atoms with Crippen LogP contribution in [-0.2, 0) is 14.8 Å². The molecule has 1 fully saturated rings. The molecule has 1 atom stereocenters. The number of nitrogens with one attached hydrogen (secondary N) is 1. The first-order chi connectivity index (χ1) is 10.2. The number of carbonyl (C=O) groups is 1. The zero-order valence-corrected chi connectivity index (χ0v) is 14.1. The predicted molar refractivity (Wildman–Crippen MR) is 85.7 cm³/mol. The van der Waals surface area contributed by atoms with E-state index in [-0.39, 0.29) is 11.9 Å². The fourth-order valence-electron chi connectivity index (χ4n) is 2.30. The molecule has 122 valence electrons. The highest BCUT2D eigenvalue weighted by Gasteiger charge is 2.34. The summed E-state index contributed by atoms with van der Waals surface area (Å²) in [6, 6.07) is 4.58. The highest BCUT2D eigenvalue weighted by molar-refractivity contribution is 7.92. The van der Waals surface area contributed by atoms with Crippen molar-refractivity contribution in [2.24, 2.45) is 0 Å². The van der Waals surface area contributed by atoms with Crippen molar-refractivity contribution < 1.29 is 17.9 Å². The van der Waals surface area contributed by atoms with Gasteiger partial charge in [-0.3, -0.25) is 9.10 Å². The van der Waals surface area contributed by atoms with Gasteiger partial charge in [0.1, 0.15) is 11.8 Å². The number of methoxy groups -OCH3 is 1. The van der Waals surface area contributed by atoms with Crippen LogP contribution in [0.5, 0.6) is 5.75 Å². The molecule has 1 N–H and O–H groups in total. The predicted octanol–water partition coefficient (Wildman–Crippen LogP) is 1.44. The van der Waals surface area contributed by atoms with Crippen LogP contribution in [0.4, 0.5) is 5.69 Å². The van der Waals surface area contributed by atoms with E-state index in [1.54, 1.807) is 19.1 Å². The molecule has 1 aliphatic carbocycles. The van der Waals surface area contributed by atoms with Crippen molar-refractivity contribution in [2.75, 3.05) is 17.7 Å². The minimum absolute atomic E-state index is 0.177. The molecule has 7 heteroatoms. The first-order valence-electron chi connectivity index (χ1n) is 7.18. The third kappa shape index (κ3) is 3.71. The second-order valence-electron chi connectivity index (χ2n) is 5.69. The molecule has 0 bridgehead atoms. The van der Waals surface area contributed by atoms with E-state index in [0.29, 0.717) is 11.4 Å². The van der Waals surface area contributed by atoms with E-state index in [1.807, 2.05) is 13.0 Å². The first kappa shape index (κ1) is 16.6. The van der Waals surface area contributed by atoms with E-state index < -0.39 is 16.1 Å². The standard InChI is InChI=1S/C15H22N2O4S/c1-10-5-8-14(21-3)13(9-10)17(22(4,19)20)11(2)15(18)16-12-6-7-12/h5,8-9,11-12H,6-7H2,1-4H3,(H,16,18)/t11-/m1/s1. The number of amides is 1. The van der Waals surface area contributed by atoms with Crippen LogP contribution in [0.3, 0.4) is 0 Å². The Kier molecular flexibility index (Phi) is 4.65. The zero-order chi connectivity index (χ0) is 16.5. The number of benzene rings is 1. The smallest absolute Gasteiger partial charge is 0.243 e. The molecule has 1 amide bonds. The molecule has 2 rings (SSSR count). The average Bonchev–Trinajstić information content (AvgIpc) is 3.21. The van der Waals surface area contributed by atoms with E-state index in [9.17, 15) is 13.2 Å². The Morgan fingerprint density at radius 1 is 1.41 bits per heavy atom. The Hall–Kier alpha value is -1.76. The highest BCUT2D eigenvalue weighted by Crippen LogP contribution is 2.32. The number of ether oxygens (including phenoxy) is 1. The van der Waals surface area contributed by atoms with E-state index in [0.717, 1.165) is 29.0 Å². The lowest BCUT2D eigenvalue weighted by Crippen LogP contribution is -2.48. The summed E-state index contributed by atoms with van der Waals surface area (Å²) in [6.07, 6.45) is 2.99. The van der Waals surface area contributed by atoms with Gasteiger partial charge in [0, 0.05) is 6.04 Å². The number of sulfonamides is 1. The number of hydrogen-bond acceptors (Lipinski definition) is 4. The summed E-state index contributed by atoms with van der Waals surface area (Å²) in [5.74, 6) is 0.124. The maximum Gasteiger partial charge on any atom is 0.243 e. The number of rotatable bonds is 6. The second-order valence-corrected chi connectivity index (χ2v) is 7.55. The number of hydrogen-bond donors (Lipinski definition) is 1. The Balaban J connectivity index is 2.42. The van der Waals surface area contributed by atoms with E-state index in [4.69, 9.17) is 4.74 Å². The molecule has 0 saturated heterocycles. The summed E-state index contributed by atoms with van der Waals surface area (Å²) < 4.78 is 30.9. The van der Waals surface area contributed by atoms with Gasteiger partial charge < -0.3 is 10.1 Å². The molecule has 0 spiro atoms. The van der Waals surface area contributed by atoms with Crippen molar-refractivity contribution in [3.8, 4) is 5.75 Å². The second kappa shape index (κ2) is 6.16. The Morgan fingerprint density at radius 3 is 2.55 bits per heavy atom. The molecular formula is C15H22N2O4S. The van der Waals surface area contributed by atoms with Crippen molar-refractivity contribution in [1.82, 2.24) is 5.32 Å². The van der Waals surface area contributed by atoms with Crippen LogP contribution in [-0.4, -0.2) is 39.8 Å². The van der Waals surface area contributed by atoms with E-state index >= 15 is 0 Å². The van der Waals surface area contributed by atoms with Gasteiger partial charge in [-0.05, 0) is 44.4 Å². The molecule has 6 nitrogen and oxygen atoms in total. The molecule has 0 heterocycles. The minimum atomic E-state index is -3.63. The van der Waals surface area contributed by atoms with Crippen LogP contribution in [0, 0.1) is 6.92 Å². The fourth-order valence-corrected chi connectivity index (χ4v) is 3.47. The van der Waals surface area contributed by atoms with Gasteiger partial charge in [-0.2, -0.15) is 0 Å². The zero-order valence-electron chi connectivity index (χ0n) is 13.3. The Bertz CT molecular complexity index is 668. The Labute approximate surface area is 131 Å². The fraction of sp³-hybridized carbons (Fsp3) is 0.533. The number of aryl methyl sites for hydroxylation is 1. The number of carbonyl (C=O) groups excluding carboxylic acids is 1. The largest absolute Gasteiger partial charge is 0.495 e. The summed E-state index contributed by atoms with van der Waals surface area (Å²) in [5.41, 5.74) is 1.27. The van der Waals surface area contributed by atoms with Crippen LogP contribution >= 0.6 is 0 Å². The monoisotopic (exact) mass is 326 g/mol. The normalized spacial score (nSPS) is 16.0. The third-order valence-corrected chi connectivity index (χ3v) is 4.81. The average molecular weight is 326 g/mol. The van der Waals surface area contributed by atoms with Crippen LogP contribution in [0.25, 0.3) is 0 Å². The van der Waals surface area contributed by atoms with Gasteiger partial charge in [0.15, 0.2) is 0 Å². The van der Waals surface area contributed by atoms with Gasteiger partial charge in [0.25, 0.3) is 0 Å². The van der Waals surface area contributed by atoms with Crippen molar-refractivity contribution >= 4 is 21.6 Å².